The highest BCUT2D eigenvalue weighted by atomic mass is 35.5. The van der Waals surface area contributed by atoms with Crippen LogP contribution in [0.25, 0.3) is 11.3 Å². The molecule has 2 aromatic rings. The number of hydrogen-bond donors (Lipinski definition) is 0. The average Bonchev–Trinajstić information content (AvgIpc) is 2.73. The summed E-state index contributed by atoms with van der Waals surface area (Å²) in [6.07, 6.45) is 0. The molecule has 0 amide bonds. The van der Waals surface area contributed by atoms with Crippen LogP contribution in [0.2, 0.25) is 5.02 Å². The summed E-state index contributed by atoms with van der Waals surface area (Å²) in [6, 6.07) is 11.3. The molecule has 0 fully saturated rings. The molecule has 0 aliphatic heterocycles. The predicted molar refractivity (Wildman–Crippen MR) is 68.0 cm³/mol. The van der Waals surface area contributed by atoms with Gasteiger partial charge in [0.05, 0.1) is 10.6 Å². The predicted octanol–water partition coefficient (Wildman–Crippen LogP) is 4.60. The van der Waals surface area contributed by atoms with Crippen LogP contribution in [0.3, 0.4) is 0 Å². The second-order valence-corrected chi connectivity index (χ2v) is 4.55. The van der Waals surface area contributed by atoms with Crippen molar-refractivity contribution >= 4 is 11.6 Å². The summed E-state index contributed by atoms with van der Waals surface area (Å²) in [5.74, 6) is 1.61. The molecular formula is C14H12ClNO. The quantitative estimate of drug-likeness (QED) is 0.776. The van der Waals surface area contributed by atoms with Crippen molar-refractivity contribution in [1.82, 2.24) is 0 Å². The van der Waals surface area contributed by atoms with Crippen molar-refractivity contribution in [3.63, 3.8) is 0 Å². The monoisotopic (exact) mass is 245 g/mol. The van der Waals surface area contributed by atoms with Crippen LogP contribution in [-0.2, 0) is 0 Å². The van der Waals surface area contributed by atoms with Crippen LogP contribution in [0.4, 0.5) is 0 Å². The van der Waals surface area contributed by atoms with E-state index in [0.717, 1.165) is 11.3 Å². The third-order valence-electron chi connectivity index (χ3n) is 2.56. The summed E-state index contributed by atoms with van der Waals surface area (Å²) in [6.45, 7) is 4.05. The Balaban J connectivity index is 2.60. The van der Waals surface area contributed by atoms with Crippen molar-refractivity contribution in [3.05, 3.63) is 46.7 Å². The largest absolute Gasteiger partial charge is 0.459 e. The Hall–Kier alpha value is -1.72. The molecule has 17 heavy (non-hydrogen) atoms. The van der Waals surface area contributed by atoms with Gasteiger partial charge in [-0.25, -0.2) is 0 Å². The van der Waals surface area contributed by atoms with Gasteiger partial charge in [-0.3, -0.25) is 0 Å². The molecule has 86 valence electrons. The minimum Gasteiger partial charge on any atom is -0.459 e. The smallest absolute Gasteiger partial charge is 0.153 e. The van der Waals surface area contributed by atoms with Gasteiger partial charge in [0, 0.05) is 11.5 Å². The van der Waals surface area contributed by atoms with Crippen LogP contribution in [0.15, 0.2) is 34.7 Å². The molecule has 2 nitrogen and oxygen atoms in total. The van der Waals surface area contributed by atoms with E-state index in [1.807, 2.05) is 32.0 Å². The zero-order valence-electron chi connectivity index (χ0n) is 9.70. The Labute approximate surface area is 105 Å². The van der Waals surface area contributed by atoms with Gasteiger partial charge in [-0.05, 0) is 18.2 Å². The molecule has 0 bridgehead atoms. The van der Waals surface area contributed by atoms with Gasteiger partial charge in [-0.2, -0.15) is 5.26 Å². The zero-order valence-corrected chi connectivity index (χ0v) is 10.5. The molecule has 0 radical (unpaired) electrons. The van der Waals surface area contributed by atoms with E-state index < -0.39 is 0 Å². The van der Waals surface area contributed by atoms with E-state index in [1.54, 1.807) is 12.1 Å². The highest BCUT2D eigenvalue weighted by Crippen LogP contribution is 2.34. The van der Waals surface area contributed by atoms with E-state index in [1.165, 1.54) is 0 Å². The van der Waals surface area contributed by atoms with Crippen LogP contribution >= 0.6 is 11.6 Å². The molecule has 0 aliphatic carbocycles. The molecule has 1 aromatic carbocycles. The molecule has 0 spiro atoms. The number of rotatable bonds is 2. The number of hydrogen-bond acceptors (Lipinski definition) is 2. The minimum atomic E-state index is 0.248. The molecular weight excluding hydrogens is 234 g/mol. The first-order valence-corrected chi connectivity index (χ1v) is 5.80. The molecule has 3 heteroatoms. The van der Waals surface area contributed by atoms with Crippen LogP contribution in [-0.4, -0.2) is 0 Å². The molecule has 0 aliphatic rings. The second kappa shape index (κ2) is 4.65. The summed E-state index contributed by atoms with van der Waals surface area (Å²) >= 11 is 6.11. The van der Waals surface area contributed by atoms with E-state index in [4.69, 9.17) is 21.3 Å². The third kappa shape index (κ3) is 2.20. The van der Waals surface area contributed by atoms with Gasteiger partial charge in [-0.1, -0.05) is 37.6 Å². The highest BCUT2D eigenvalue weighted by Gasteiger charge is 2.16. The average molecular weight is 246 g/mol. The molecule has 0 unspecified atom stereocenters. The lowest BCUT2D eigenvalue weighted by atomic mass is 10.1. The minimum absolute atomic E-state index is 0.248. The lowest BCUT2D eigenvalue weighted by Crippen LogP contribution is -1.81. The highest BCUT2D eigenvalue weighted by molar-refractivity contribution is 6.33. The van der Waals surface area contributed by atoms with Gasteiger partial charge in [0.2, 0.25) is 0 Å². The molecule has 0 saturated carbocycles. The van der Waals surface area contributed by atoms with Crippen molar-refractivity contribution in [2.75, 3.05) is 0 Å². The molecule has 0 N–H and O–H groups in total. The Kier molecular flexibility index (Phi) is 3.21. The first kappa shape index (κ1) is 11.8. The summed E-state index contributed by atoms with van der Waals surface area (Å²) in [5, 5.41) is 9.70. The number of nitrogens with zero attached hydrogens (tertiary/aromatic N) is 1. The van der Waals surface area contributed by atoms with Crippen molar-refractivity contribution < 1.29 is 4.42 Å². The maximum Gasteiger partial charge on any atom is 0.153 e. The molecule has 0 saturated heterocycles. The SMILES string of the molecule is CC(C)c1cc(C#N)c(-c2ccccc2Cl)o1. The van der Waals surface area contributed by atoms with E-state index in [2.05, 4.69) is 6.07 Å². The van der Waals surface area contributed by atoms with E-state index >= 15 is 0 Å². The van der Waals surface area contributed by atoms with E-state index in [-0.39, 0.29) is 5.92 Å². The van der Waals surface area contributed by atoms with E-state index in [0.29, 0.717) is 16.3 Å². The molecule has 2 rings (SSSR count). The summed E-state index contributed by atoms with van der Waals surface area (Å²) in [4.78, 5) is 0. The number of benzene rings is 1. The Morgan fingerprint density at radius 1 is 1.29 bits per heavy atom. The second-order valence-electron chi connectivity index (χ2n) is 4.14. The first-order chi connectivity index (χ1) is 8.13. The fraction of sp³-hybridized carbons (Fsp3) is 0.214. The van der Waals surface area contributed by atoms with Crippen LogP contribution in [0, 0.1) is 11.3 Å². The molecule has 0 atom stereocenters. The maximum absolute atomic E-state index is 9.11. The number of nitriles is 1. The fourth-order valence-electron chi connectivity index (χ4n) is 1.62. The lowest BCUT2D eigenvalue weighted by molar-refractivity contribution is 0.498. The maximum atomic E-state index is 9.11. The third-order valence-corrected chi connectivity index (χ3v) is 2.89. The zero-order chi connectivity index (χ0) is 12.4. The van der Waals surface area contributed by atoms with Gasteiger partial charge in [0.1, 0.15) is 11.8 Å². The topological polar surface area (TPSA) is 36.9 Å². The van der Waals surface area contributed by atoms with Crippen molar-refractivity contribution in [2.45, 2.75) is 19.8 Å². The number of halogens is 1. The summed E-state index contributed by atoms with van der Waals surface area (Å²) in [7, 11) is 0. The first-order valence-electron chi connectivity index (χ1n) is 5.42. The summed E-state index contributed by atoms with van der Waals surface area (Å²) in [5.41, 5.74) is 1.29. The van der Waals surface area contributed by atoms with Crippen molar-refractivity contribution in [3.8, 4) is 17.4 Å². The Morgan fingerprint density at radius 3 is 2.59 bits per heavy atom. The molecule has 1 heterocycles. The van der Waals surface area contributed by atoms with Gasteiger partial charge in [0.25, 0.3) is 0 Å². The van der Waals surface area contributed by atoms with Crippen LogP contribution < -0.4 is 0 Å². The van der Waals surface area contributed by atoms with Gasteiger partial charge in [0.15, 0.2) is 5.76 Å². The Bertz CT molecular complexity index is 578. The van der Waals surface area contributed by atoms with Crippen molar-refractivity contribution in [1.29, 1.82) is 5.26 Å². The number of furan rings is 1. The normalized spacial score (nSPS) is 10.5. The van der Waals surface area contributed by atoms with Crippen LogP contribution in [0.5, 0.6) is 0 Å². The standard InChI is InChI=1S/C14H12ClNO/c1-9(2)13-7-10(8-16)14(17-13)11-5-3-4-6-12(11)15/h3-7,9H,1-2H3. The van der Waals surface area contributed by atoms with Gasteiger partial charge in [-0.15, -0.1) is 0 Å². The van der Waals surface area contributed by atoms with Gasteiger partial charge >= 0.3 is 0 Å². The Morgan fingerprint density at radius 2 is 2.00 bits per heavy atom. The van der Waals surface area contributed by atoms with E-state index in [9.17, 15) is 0 Å². The van der Waals surface area contributed by atoms with Crippen LogP contribution in [0.1, 0.15) is 31.1 Å². The summed E-state index contributed by atoms with van der Waals surface area (Å²) < 4.78 is 5.73. The van der Waals surface area contributed by atoms with Crippen molar-refractivity contribution in [2.24, 2.45) is 0 Å². The fourth-order valence-corrected chi connectivity index (χ4v) is 1.84. The van der Waals surface area contributed by atoms with Gasteiger partial charge < -0.3 is 4.42 Å². The lowest BCUT2D eigenvalue weighted by Gasteiger charge is -2.01. The molecule has 1 aromatic heterocycles.